The SMILES string of the molecule is N.N.N.N.NC(CCC(=O)O)C(=O)O.O=S(=O)(O)O. The number of hydrogen-bond acceptors (Lipinski definition) is 9. The number of aliphatic carboxylic acids is 2. The topological polar surface area (TPSA) is 315 Å². The zero-order valence-corrected chi connectivity index (χ0v) is 11.0. The van der Waals surface area contributed by atoms with Crippen molar-refractivity contribution in [1.29, 1.82) is 0 Å². The van der Waals surface area contributed by atoms with Crippen molar-refractivity contribution in [3.63, 3.8) is 0 Å². The Bertz CT molecular complexity index is 311. The summed E-state index contributed by atoms with van der Waals surface area (Å²) in [4.78, 5) is 19.9. The van der Waals surface area contributed by atoms with Crippen LogP contribution in [0.4, 0.5) is 0 Å². The Morgan fingerprint density at radius 1 is 1.00 bits per heavy atom. The third-order valence-electron chi connectivity index (χ3n) is 0.986. The van der Waals surface area contributed by atoms with Crippen LogP contribution in [0.2, 0.25) is 0 Å². The molecule has 0 radical (unpaired) electrons. The van der Waals surface area contributed by atoms with Gasteiger partial charge in [-0.3, -0.25) is 18.7 Å². The molecule has 0 bridgehead atoms. The van der Waals surface area contributed by atoms with E-state index in [0.29, 0.717) is 0 Å². The molecule has 13 nitrogen and oxygen atoms in total. The number of hydrogen-bond donors (Lipinski definition) is 9. The molecule has 0 saturated heterocycles. The molecule has 14 heteroatoms. The molecule has 18 N–H and O–H groups in total. The lowest BCUT2D eigenvalue weighted by Crippen LogP contribution is -2.30. The van der Waals surface area contributed by atoms with Gasteiger partial charge in [0.05, 0.1) is 0 Å². The second-order valence-corrected chi connectivity index (χ2v) is 3.22. The summed E-state index contributed by atoms with van der Waals surface area (Å²) >= 11 is 0. The summed E-state index contributed by atoms with van der Waals surface area (Å²) in [7, 11) is -4.67. The second-order valence-electron chi connectivity index (χ2n) is 2.32. The van der Waals surface area contributed by atoms with Gasteiger partial charge in [-0.1, -0.05) is 0 Å². The Hall–Kier alpha value is -1.39. The number of rotatable bonds is 4. The Balaban J connectivity index is -0.0000000418. The van der Waals surface area contributed by atoms with E-state index in [1.165, 1.54) is 0 Å². The van der Waals surface area contributed by atoms with Crippen LogP contribution in [0.3, 0.4) is 0 Å². The number of carboxylic acids is 2. The van der Waals surface area contributed by atoms with E-state index < -0.39 is 28.4 Å². The molecule has 122 valence electrons. The van der Waals surface area contributed by atoms with E-state index in [1.54, 1.807) is 0 Å². The van der Waals surface area contributed by atoms with Gasteiger partial charge in [0.25, 0.3) is 0 Å². The smallest absolute Gasteiger partial charge is 0.394 e. The molecule has 0 fully saturated rings. The number of carboxylic acid groups (broad SMARTS) is 2. The predicted molar refractivity (Wildman–Crippen MR) is 66.7 cm³/mol. The molecule has 0 aromatic rings. The van der Waals surface area contributed by atoms with Crippen molar-refractivity contribution >= 4 is 22.3 Å². The summed E-state index contributed by atoms with van der Waals surface area (Å²) in [6.07, 6.45) is -0.224. The number of nitrogens with two attached hydrogens (primary N) is 1. The zero-order chi connectivity index (χ0) is 12.6. The van der Waals surface area contributed by atoms with Gasteiger partial charge >= 0.3 is 22.3 Å². The third-order valence-corrected chi connectivity index (χ3v) is 0.986. The minimum atomic E-state index is -4.67. The van der Waals surface area contributed by atoms with Gasteiger partial charge in [0.1, 0.15) is 6.04 Å². The molecule has 1 atom stereocenters. The minimum absolute atomic E-state index is 0. The molecule has 0 heterocycles. The molecule has 0 spiro atoms. The normalized spacial score (nSPS) is 9.63. The number of carbonyl (C=O) groups is 2. The molecule has 1 unspecified atom stereocenters. The fourth-order valence-electron chi connectivity index (χ4n) is 0.402. The molecule has 19 heavy (non-hydrogen) atoms. The van der Waals surface area contributed by atoms with Gasteiger partial charge in [0, 0.05) is 6.42 Å². The first-order chi connectivity index (χ1) is 6.54. The van der Waals surface area contributed by atoms with Crippen molar-refractivity contribution in [2.24, 2.45) is 5.73 Å². The zero-order valence-electron chi connectivity index (χ0n) is 10.2. The van der Waals surface area contributed by atoms with Gasteiger partial charge < -0.3 is 40.5 Å². The highest BCUT2D eigenvalue weighted by Gasteiger charge is 2.12. The Labute approximate surface area is 110 Å². The first-order valence-electron chi connectivity index (χ1n) is 3.44. The molecule has 0 aliphatic heterocycles. The van der Waals surface area contributed by atoms with Crippen LogP contribution in [0.1, 0.15) is 12.8 Å². The Morgan fingerprint density at radius 3 is 1.42 bits per heavy atom. The molecule has 0 aromatic carbocycles. The highest BCUT2D eigenvalue weighted by molar-refractivity contribution is 7.79. The molecular weight excluding hydrogens is 290 g/mol. The van der Waals surface area contributed by atoms with Crippen molar-refractivity contribution < 1.29 is 37.3 Å². The van der Waals surface area contributed by atoms with E-state index in [4.69, 9.17) is 33.5 Å². The first kappa shape index (κ1) is 36.0. The van der Waals surface area contributed by atoms with Crippen LogP contribution >= 0.6 is 0 Å². The van der Waals surface area contributed by atoms with Crippen LogP contribution in [-0.4, -0.2) is 45.7 Å². The highest BCUT2D eigenvalue weighted by atomic mass is 32.3. The van der Waals surface area contributed by atoms with Crippen LogP contribution in [0, 0.1) is 0 Å². The fraction of sp³-hybridized carbons (Fsp3) is 0.600. The van der Waals surface area contributed by atoms with Crippen LogP contribution in [0.15, 0.2) is 0 Å². The van der Waals surface area contributed by atoms with Crippen molar-refractivity contribution in [1.82, 2.24) is 24.6 Å². The van der Waals surface area contributed by atoms with Crippen molar-refractivity contribution in [2.75, 3.05) is 0 Å². The van der Waals surface area contributed by atoms with Gasteiger partial charge in [-0.15, -0.1) is 0 Å². The first-order valence-corrected chi connectivity index (χ1v) is 4.83. The van der Waals surface area contributed by atoms with E-state index in [9.17, 15) is 9.59 Å². The van der Waals surface area contributed by atoms with Crippen LogP contribution in [0.5, 0.6) is 0 Å². The predicted octanol–water partition coefficient (Wildman–Crippen LogP) is -0.742. The lowest BCUT2D eigenvalue weighted by atomic mass is 10.2. The molecule has 0 aromatic heterocycles. The van der Waals surface area contributed by atoms with E-state index >= 15 is 0 Å². The summed E-state index contributed by atoms with van der Waals surface area (Å²) in [5, 5.41) is 16.3. The van der Waals surface area contributed by atoms with Crippen LogP contribution < -0.4 is 30.3 Å². The molecule has 0 aliphatic carbocycles. The average Bonchev–Trinajstić information content (AvgIpc) is 1.96. The van der Waals surface area contributed by atoms with E-state index in [1.807, 2.05) is 0 Å². The maximum Gasteiger partial charge on any atom is 0.394 e. The van der Waals surface area contributed by atoms with Gasteiger partial charge in [0.15, 0.2) is 0 Å². The second kappa shape index (κ2) is 16.6. The summed E-state index contributed by atoms with van der Waals surface area (Å²) < 4.78 is 31.6. The van der Waals surface area contributed by atoms with Crippen LogP contribution in [-0.2, 0) is 20.0 Å². The Kier molecular flexibility index (Phi) is 31.5. The van der Waals surface area contributed by atoms with E-state index in [2.05, 4.69) is 0 Å². The third kappa shape index (κ3) is 61.2. The Morgan fingerprint density at radius 2 is 1.26 bits per heavy atom. The largest absolute Gasteiger partial charge is 0.481 e. The van der Waals surface area contributed by atoms with Gasteiger partial charge in [-0.25, -0.2) is 0 Å². The standard InChI is InChI=1S/C5H9NO4.4H3N.H2O4S/c6-3(5(9)10)1-2-4(7)8;;;;;1-5(2,3)4/h3H,1-2,6H2,(H,7,8)(H,9,10);4*1H3;(H2,1,2,3,4). The summed E-state index contributed by atoms with van der Waals surface area (Å²) in [5.74, 6) is -2.20. The summed E-state index contributed by atoms with van der Waals surface area (Å²) in [5.41, 5.74) is 5.00. The lowest BCUT2D eigenvalue weighted by Gasteiger charge is -2.01. The van der Waals surface area contributed by atoms with Crippen LogP contribution in [0.25, 0.3) is 0 Å². The van der Waals surface area contributed by atoms with Crippen molar-refractivity contribution in [3.05, 3.63) is 0 Å². The molecular formula is C5H23N5O8S. The van der Waals surface area contributed by atoms with Crippen molar-refractivity contribution in [3.8, 4) is 0 Å². The van der Waals surface area contributed by atoms with Gasteiger partial charge in [-0.05, 0) is 6.42 Å². The maximum atomic E-state index is 9.99. The minimum Gasteiger partial charge on any atom is -0.481 e. The van der Waals surface area contributed by atoms with Gasteiger partial charge in [-0.2, -0.15) is 8.42 Å². The quantitative estimate of drug-likeness (QED) is 0.289. The van der Waals surface area contributed by atoms with E-state index in [-0.39, 0.29) is 37.4 Å². The maximum absolute atomic E-state index is 9.99. The summed E-state index contributed by atoms with van der Waals surface area (Å²) in [6, 6.07) is -1.06. The molecule has 0 saturated carbocycles. The fourth-order valence-corrected chi connectivity index (χ4v) is 0.402. The van der Waals surface area contributed by atoms with Crippen molar-refractivity contribution in [2.45, 2.75) is 18.9 Å². The average molecular weight is 313 g/mol. The highest BCUT2D eigenvalue weighted by Crippen LogP contribution is 1.93. The monoisotopic (exact) mass is 313 g/mol. The molecule has 0 aliphatic rings. The molecule has 0 amide bonds. The lowest BCUT2D eigenvalue weighted by molar-refractivity contribution is -0.139. The van der Waals surface area contributed by atoms with E-state index in [0.717, 1.165) is 0 Å². The van der Waals surface area contributed by atoms with Gasteiger partial charge in [0.2, 0.25) is 0 Å². The summed E-state index contributed by atoms with van der Waals surface area (Å²) in [6.45, 7) is 0. The molecule has 0 rings (SSSR count).